The maximum absolute atomic E-state index is 12.0. The molecule has 0 saturated carbocycles. The number of aliphatic carboxylic acids is 1. The molecule has 1 atom stereocenters. The highest BCUT2D eigenvalue weighted by molar-refractivity contribution is 6.42. The van der Waals surface area contributed by atoms with Crippen LogP contribution in [0.1, 0.15) is 31.0 Å². The van der Waals surface area contributed by atoms with Crippen LogP contribution in [0, 0.1) is 0 Å². The molecule has 128 valence electrons. The second-order valence-electron chi connectivity index (χ2n) is 5.80. The molecule has 0 saturated heterocycles. The first-order valence-corrected chi connectivity index (χ1v) is 8.44. The smallest absolute Gasteiger partial charge is 0.334 e. The zero-order valence-electron chi connectivity index (χ0n) is 13.7. The van der Waals surface area contributed by atoms with E-state index in [1.165, 1.54) is 0 Å². The van der Waals surface area contributed by atoms with Crippen molar-refractivity contribution >= 4 is 34.7 Å². The zero-order chi connectivity index (χ0) is 18.1. The summed E-state index contributed by atoms with van der Waals surface area (Å²) < 4.78 is 0. The van der Waals surface area contributed by atoms with Crippen LogP contribution in [0.2, 0.25) is 10.0 Å². The van der Waals surface area contributed by atoms with Gasteiger partial charge in [0.1, 0.15) is 0 Å². The minimum absolute atomic E-state index is 0.232. The Morgan fingerprint density at radius 1 is 1.12 bits per heavy atom. The molecule has 4 nitrogen and oxygen atoms in total. The molecule has 1 aromatic carbocycles. The summed E-state index contributed by atoms with van der Waals surface area (Å²) in [5, 5.41) is 13.7. The zero-order valence-corrected chi connectivity index (χ0v) is 15.2. The lowest BCUT2D eigenvalue weighted by Crippen LogP contribution is -2.28. The van der Waals surface area contributed by atoms with E-state index in [1.54, 1.807) is 31.3 Å². The molecule has 3 rings (SSSR count). The Kier molecular flexibility index (Phi) is 4.84. The Morgan fingerprint density at radius 3 is 2.52 bits per heavy atom. The summed E-state index contributed by atoms with van der Waals surface area (Å²) in [6.45, 7) is 3.64. The van der Waals surface area contributed by atoms with E-state index < -0.39 is 11.9 Å². The Balaban J connectivity index is 2.31. The number of aromatic nitrogens is 1. The topological polar surface area (TPSA) is 62.2 Å². The predicted molar refractivity (Wildman–Crippen MR) is 99.5 cm³/mol. The van der Waals surface area contributed by atoms with Crippen LogP contribution in [0.25, 0.3) is 5.57 Å². The van der Waals surface area contributed by atoms with Crippen molar-refractivity contribution in [1.82, 2.24) is 10.3 Å². The van der Waals surface area contributed by atoms with Gasteiger partial charge in [-0.15, -0.1) is 0 Å². The van der Waals surface area contributed by atoms with Gasteiger partial charge in [0.2, 0.25) is 0 Å². The van der Waals surface area contributed by atoms with Crippen LogP contribution in [0.5, 0.6) is 0 Å². The molecule has 6 heteroatoms. The van der Waals surface area contributed by atoms with Crippen molar-refractivity contribution < 1.29 is 9.90 Å². The number of pyridine rings is 1. The number of carbonyl (C=O) groups is 1. The van der Waals surface area contributed by atoms with Crippen LogP contribution >= 0.6 is 23.2 Å². The molecule has 1 aromatic heterocycles. The van der Waals surface area contributed by atoms with E-state index in [2.05, 4.69) is 10.3 Å². The predicted octanol–water partition coefficient (Wildman–Crippen LogP) is 4.87. The second-order valence-corrected chi connectivity index (χ2v) is 6.58. The molecular formula is C19H16Cl2N2O2. The van der Waals surface area contributed by atoms with E-state index in [1.807, 2.05) is 25.1 Å². The average Bonchev–Trinajstić information content (AvgIpc) is 2.57. The van der Waals surface area contributed by atoms with Gasteiger partial charge >= 0.3 is 5.97 Å². The lowest BCUT2D eigenvalue weighted by Gasteiger charge is -2.31. The van der Waals surface area contributed by atoms with E-state index in [4.69, 9.17) is 23.2 Å². The first kappa shape index (κ1) is 17.5. The maximum Gasteiger partial charge on any atom is 0.334 e. The van der Waals surface area contributed by atoms with E-state index >= 15 is 0 Å². The van der Waals surface area contributed by atoms with E-state index in [9.17, 15) is 9.90 Å². The van der Waals surface area contributed by atoms with E-state index in [-0.39, 0.29) is 5.57 Å². The summed E-state index contributed by atoms with van der Waals surface area (Å²) in [5.41, 5.74) is 3.75. The van der Waals surface area contributed by atoms with Crippen LogP contribution in [-0.4, -0.2) is 16.1 Å². The van der Waals surface area contributed by atoms with E-state index in [0.29, 0.717) is 27.0 Å². The van der Waals surface area contributed by atoms with Gasteiger partial charge in [0.25, 0.3) is 0 Å². The molecule has 0 amide bonds. The van der Waals surface area contributed by atoms with Gasteiger partial charge in [0.15, 0.2) is 0 Å². The summed E-state index contributed by atoms with van der Waals surface area (Å²) >= 11 is 12.6. The molecule has 2 N–H and O–H groups in total. The number of nitrogens with zero attached hydrogens (tertiary/aromatic N) is 1. The van der Waals surface area contributed by atoms with Gasteiger partial charge in [0.05, 0.1) is 21.3 Å². The third-order valence-electron chi connectivity index (χ3n) is 4.22. The van der Waals surface area contributed by atoms with Crippen molar-refractivity contribution in [2.24, 2.45) is 0 Å². The van der Waals surface area contributed by atoms with Crippen molar-refractivity contribution in [1.29, 1.82) is 0 Å². The largest absolute Gasteiger partial charge is 0.478 e. The van der Waals surface area contributed by atoms with Gasteiger partial charge in [-0.25, -0.2) is 4.79 Å². The standard InChI is InChI=1S/C19H16Cl2N2O2/c1-10-15(14-8-3-4-9-22-14)17(16(19(24)25)11(2)23-10)12-6-5-7-13(20)18(12)21/h3-9,17,23H,1-2H3,(H,24,25). The SMILES string of the molecule is CC1=C(C(=O)O)C(c2cccc(Cl)c2Cl)C(c2ccccn2)=C(C)N1. The van der Waals surface area contributed by atoms with Gasteiger partial charge < -0.3 is 10.4 Å². The van der Waals surface area contributed by atoms with Gasteiger partial charge in [-0.05, 0) is 37.6 Å². The fraction of sp³-hybridized carbons (Fsp3) is 0.158. The number of halogens is 2. The molecule has 0 bridgehead atoms. The Bertz CT molecular complexity index is 905. The number of nitrogens with one attached hydrogen (secondary N) is 1. The summed E-state index contributed by atoms with van der Waals surface area (Å²) in [6.07, 6.45) is 1.68. The molecule has 2 heterocycles. The number of carboxylic acid groups (broad SMARTS) is 1. The van der Waals surface area contributed by atoms with Crippen LogP contribution < -0.4 is 5.32 Å². The number of allylic oxidation sites excluding steroid dienone is 3. The Hall–Kier alpha value is -2.30. The number of hydrogen-bond donors (Lipinski definition) is 2. The monoisotopic (exact) mass is 374 g/mol. The molecule has 0 fully saturated rings. The van der Waals surface area contributed by atoms with Crippen molar-refractivity contribution in [2.45, 2.75) is 19.8 Å². The highest BCUT2D eigenvalue weighted by Gasteiger charge is 2.35. The first-order valence-electron chi connectivity index (χ1n) is 7.69. The second kappa shape index (κ2) is 6.90. The average molecular weight is 375 g/mol. The Labute approximate surface area is 155 Å². The minimum atomic E-state index is -1.01. The normalized spacial score (nSPS) is 17.5. The molecule has 2 aromatic rings. The van der Waals surface area contributed by atoms with Crippen molar-refractivity contribution in [3.05, 3.63) is 80.9 Å². The fourth-order valence-corrected chi connectivity index (χ4v) is 3.61. The summed E-state index contributed by atoms with van der Waals surface area (Å²) in [7, 11) is 0. The first-order chi connectivity index (χ1) is 11.9. The number of benzene rings is 1. The van der Waals surface area contributed by atoms with Crippen LogP contribution in [0.3, 0.4) is 0 Å². The van der Waals surface area contributed by atoms with Crippen LogP contribution in [0.15, 0.2) is 59.6 Å². The summed E-state index contributed by atoms with van der Waals surface area (Å²) in [4.78, 5) is 16.4. The van der Waals surface area contributed by atoms with Crippen molar-refractivity contribution in [2.75, 3.05) is 0 Å². The lowest BCUT2D eigenvalue weighted by molar-refractivity contribution is -0.132. The Morgan fingerprint density at radius 2 is 1.88 bits per heavy atom. The fourth-order valence-electron chi connectivity index (χ4n) is 3.19. The number of hydrogen-bond acceptors (Lipinski definition) is 3. The maximum atomic E-state index is 12.0. The molecule has 0 aliphatic carbocycles. The molecule has 25 heavy (non-hydrogen) atoms. The van der Waals surface area contributed by atoms with Crippen LogP contribution in [-0.2, 0) is 4.79 Å². The lowest BCUT2D eigenvalue weighted by atomic mass is 9.79. The minimum Gasteiger partial charge on any atom is -0.478 e. The molecule has 1 aliphatic rings. The number of dihydropyridines is 1. The highest BCUT2D eigenvalue weighted by atomic mass is 35.5. The molecule has 1 aliphatic heterocycles. The third-order valence-corrected chi connectivity index (χ3v) is 5.06. The molecule has 1 unspecified atom stereocenters. The molecule has 0 spiro atoms. The van der Waals surface area contributed by atoms with Gasteiger partial charge in [-0.2, -0.15) is 0 Å². The quantitative estimate of drug-likeness (QED) is 0.804. The summed E-state index contributed by atoms with van der Waals surface area (Å²) in [5.74, 6) is -1.58. The van der Waals surface area contributed by atoms with E-state index in [0.717, 1.165) is 11.3 Å². The van der Waals surface area contributed by atoms with Gasteiger partial charge in [-0.1, -0.05) is 41.4 Å². The van der Waals surface area contributed by atoms with Crippen molar-refractivity contribution in [3.63, 3.8) is 0 Å². The van der Waals surface area contributed by atoms with Crippen LogP contribution in [0.4, 0.5) is 0 Å². The number of rotatable bonds is 3. The summed E-state index contributed by atoms with van der Waals surface area (Å²) in [6, 6.07) is 10.8. The van der Waals surface area contributed by atoms with Gasteiger partial charge in [-0.3, -0.25) is 4.98 Å². The van der Waals surface area contributed by atoms with Crippen molar-refractivity contribution in [3.8, 4) is 0 Å². The van der Waals surface area contributed by atoms with Gasteiger partial charge in [0, 0.05) is 29.1 Å². The third kappa shape index (κ3) is 3.15. The molecule has 0 radical (unpaired) electrons. The number of carboxylic acids is 1. The highest BCUT2D eigenvalue weighted by Crippen LogP contribution is 2.46. The molecular weight excluding hydrogens is 359 g/mol.